The molecule has 3 heteroatoms. The van der Waals surface area contributed by atoms with Gasteiger partial charge in [-0.2, -0.15) is 0 Å². The summed E-state index contributed by atoms with van der Waals surface area (Å²) in [4.78, 5) is 10.9. The zero-order valence-electron chi connectivity index (χ0n) is 7.52. The Bertz CT molecular complexity index is 175. The van der Waals surface area contributed by atoms with Crippen LogP contribution in [-0.2, 0) is 4.79 Å². The number of amides is 1. The lowest BCUT2D eigenvalue weighted by molar-refractivity contribution is -0.117. The molecule has 0 aliphatic rings. The molecule has 0 aromatic carbocycles. The highest BCUT2D eigenvalue weighted by Gasteiger charge is 1.97. The minimum absolute atomic E-state index is 0.0876. The Morgan fingerprint density at radius 1 is 1.50 bits per heavy atom. The normalized spacial score (nSPS) is 9.08. The van der Waals surface area contributed by atoms with E-state index >= 15 is 0 Å². The smallest absolute Gasteiger partial charge is 0.246 e. The predicted octanol–water partition coefficient (Wildman–Crippen LogP) is 0.454. The molecule has 0 fully saturated rings. The summed E-state index contributed by atoms with van der Waals surface area (Å²) >= 11 is 0. The molecule has 0 saturated carbocycles. The summed E-state index contributed by atoms with van der Waals surface area (Å²) in [5, 5.41) is 5.77. The van der Waals surface area contributed by atoms with Crippen molar-refractivity contribution in [2.45, 2.75) is 6.92 Å². The van der Waals surface area contributed by atoms with Gasteiger partial charge in [-0.25, -0.2) is 0 Å². The monoisotopic (exact) mass is 168 g/mol. The number of hydrogen-bond donors (Lipinski definition) is 2. The van der Waals surface area contributed by atoms with E-state index in [1.54, 1.807) is 13.0 Å². The molecule has 0 aromatic rings. The molecule has 68 valence electrons. The van der Waals surface area contributed by atoms with E-state index in [0.717, 1.165) is 13.1 Å². The lowest BCUT2D eigenvalue weighted by Crippen LogP contribution is -2.32. The molecule has 0 rings (SSSR count). The van der Waals surface area contributed by atoms with E-state index in [9.17, 15) is 4.79 Å². The van der Waals surface area contributed by atoms with Crippen LogP contribution in [0.25, 0.3) is 0 Å². The van der Waals surface area contributed by atoms with Gasteiger partial charge in [0.2, 0.25) is 5.91 Å². The van der Waals surface area contributed by atoms with Gasteiger partial charge in [0.05, 0.1) is 0 Å². The topological polar surface area (TPSA) is 41.1 Å². The third-order valence-corrected chi connectivity index (χ3v) is 1.26. The first-order valence-corrected chi connectivity index (χ1v) is 3.93. The summed E-state index contributed by atoms with van der Waals surface area (Å²) in [7, 11) is 0. The largest absolute Gasteiger partial charge is 0.351 e. The predicted molar refractivity (Wildman–Crippen MR) is 50.9 cm³/mol. The summed E-state index contributed by atoms with van der Waals surface area (Å²) in [6.07, 6.45) is 1.78. The van der Waals surface area contributed by atoms with Gasteiger partial charge in [-0.1, -0.05) is 12.7 Å². The van der Waals surface area contributed by atoms with E-state index in [1.807, 2.05) is 0 Å². The standard InChI is InChI=1S/C9H16N2O/c1-4-5-10-6-7-11-9(12)8(2)3/h4,10H,1-2,5-7H2,3H3,(H,11,12). The molecule has 0 aromatic heterocycles. The van der Waals surface area contributed by atoms with Crippen molar-refractivity contribution in [2.75, 3.05) is 19.6 Å². The minimum Gasteiger partial charge on any atom is -0.351 e. The van der Waals surface area contributed by atoms with Gasteiger partial charge in [0, 0.05) is 25.2 Å². The van der Waals surface area contributed by atoms with Gasteiger partial charge >= 0.3 is 0 Å². The van der Waals surface area contributed by atoms with Crippen molar-refractivity contribution < 1.29 is 4.79 Å². The Morgan fingerprint density at radius 2 is 2.17 bits per heavy atom. The molecule has 0 aliphatic carbocycles. The second kappa shape index (κ2) is 6.61. The number of hydrogen-bond acceptors (Lipinski definition) is 2. The molecule has 0 heterocycles. The minimum atomic E-state index is -0.0876. The van der Waals surface area contributed by atoms with Crippen LogP contribution in [-0.4, -0.2) is 25.5 Å². The highest BCUT2D eigenvalue weighted by Crippen LogP contribution is 1.83. The van der Waals surface area contributed by atoms with Crippen LogP contribution in [0, 0.1) is 0 Å². The van der Waals surface area contributed by atoms with Gasteiger partial charge in [0.25, 0.3) is 0 Å². The Morgan fingerprint density at radius 3 is 2.67 bits per heavy atom. The number of nitrogens with one attached hydrogen (secondary N) is 2. The Labute approximate surface area is 73.5 Å². The van der Waals surface area contributed by atoms with E-state index in [4.69, 9.17) is 0 Å². The molecular weight excluding hydrogens is 152 g/mol. The average molecular weight is 168 g/mol. The van der Waals surface area contributed by atoms with Crippen LogP contribution in [0.15, 0.2) is 24.8 Å². The van der Waals surface area contributed by atoms with E-state index in [0.29, 0.717) is 12.1 Å². The van der Waals surface area contributed by atoms with Gasteiger partial charge in [0.1, 0.15) is 0 Å². The van der Waals surface area contributed by atoms with E-state index in [2.05, 4.69) is 23.8 Å². The van der Waals surface area contributed by atoms with Crippen molar-refractivity contribution in [1.29, 1.82) is 0 Å². The Hall–Kier alpha value is -1.09. The Kier molecular flexibility index (Phi) is 6.01. The van der Waals surface area contributed by atoms with Gasteiger partial charge in [0.15, 0.2) is 0 Å². The molecule has 0 unspecified atom stereocenters. The molecule has 0 saturated heterocycles. The maximum atomic E-state index is 10.9. The van der Waals surface area contributed by atoms with E-state index < -0.39 is 0 Å². The van der Waals surface area contributed by atoms with Gasteiger partial charge in [-0.05, 0) is 6.92 Å². The first kappa shape index (κ1) is 10.9. The molecule has 3 nitrogen and oxygen atoms in total. The maximum Gasteiger partial charge on any atom is 0.246 e. The average Bonchev–Trinajstić information content (AvgIpc) is 2.03. The van der Waals surface area contributed by atoms with Crippen LogP contribution in [0.1, 0.15) is 6.92 Å². The van der Waals surface area contributed by atoms with Crippen LogP contribution >= 0.6 is 0 Å². The third-order valence-electron chi connectivity index (χ3n) is 1.26. The second-order valence-electron chi connectivity index (χ2n) is 2.53. The van der Waals surface area contributed by atoms with Crippen LogP contribution in [0.5, 0.6) is 0 Å². The molecule has 2 N–H and O–H groups in total. The SMILES string of the molecule is C=CCNCCNC(=O)C(=C)C. The van der Waals surface area contributed by atoms with Crippen molar-refractivity contribution in [1.82, 2.24) is 10.6 Å². The van der Waals surface area contributed by atoms with Crippen molar-refractivity contribution in [2.24, 2.45) is 0 Å². The summed E-state index contributed by atoms with van der Waals surface area (Å²) in [5.74, 6) is -0.0876. The fraction of sp³-hybridized carbons (Fsp3) is 0.444. The number of rotatable bonds is 6. The number of carbonyl (C=O) groups is 1. The third kappa shape index (κ3) is 5.68. The van der Waals surface area contributed by atoms with Crippen LogP contribution in [0.2, 0.25) is 0 Å². The highest BCUT2D eigenvalue weighted by atomic mass is 16.1. The molecule has 0 atom stereocenters. The molecule has 1 amide bonds. The van der Waals surface area contributed by atoms with Crippen molar-refractivity contribution in [3.8, 4) is 0 Å². The Balaban J connectivity index is 3.25. The van der Waals surface area contributed by atoms with E-state index in [-0.39, 0.29) is 5.91 Å². The maximum absolute atomic E-state index is 10.9. The second-order valence-corrected chi connectivity index (χ2v) is 2.53. The lowest BCUT2D eigenvalue weighted by atomic mass is 10.3. The fourth-order valence-corrected chi connectivity index (χ4v) is 0.619. The zero-order valence-corrected chi connectivity index (χ0v) is 7.52. The molecule has 0 radical (unpaired) electrons. The number of carbonyl (C=O) groups excluding carboxylic acids is 1. The first-order chi connectivity index (χ1) is 5.68. The molecular formula is C9H16N2O. The first-order valence-electron chi connectivity index (χ1n) is 3.93. The van der Waals surface area contributed by atoms with E-state index in [1.165, 1.54) is 0 Å². The molecule has 0 spiro atoms. The van der Waals surface area contributed by atoms with Crippen molar-refractivity contribution >= 4 is 5.91 Å². The fourth-order valence-electron chi connectivity index (χ4n) is 0.619. The van der Waals surface area contributed by atoms with Crippen LogP contribution < -0.4 is 10.6 Å². The lowest BCUT2D eigenvalue weighted by Gasteiger charge is -2.04. The highest BCUT2D eigenvalue weighted by molar-refractivity contribution is 5.92. The molecule has 0 aliphatic heterocycles. The summed E-state index contributed by atoms with van der Waals surface area (Å²) in [5.41, 5.74) is 0.540. The summed E-state index contributed by atoms with van der Waals surface area (Å²) in [6, 6.07) is 0. The summed E-state index contributed by atoms with van der Waals surface area (Å²) in [6.45, 7) is 10.9. The van der Waals surface area contributed by atoms with Gasteiger partial charge < -0.3 is 10.6 Å². The van der Waals surface area contributed by atoms with Crippen LogP contribution in [0.3, 0.4) is 0 Å². The molecule has 12 heavy (non-hydrogen) atoms. The van der Waals surface area contributed by atoms with Crippen molar-refractivity contribution in [3.63, 3.8) is 0 Å². The summed E-state index contributed by atoms with van der Waals surface area (Å²) < 4.78 is 0. The van der Waals surface area contributed by atoms with Gasteiger partial charge in [-0.15, -0.1) is 6.58 Å². The van der Waals surface area contributed by atoms with Gasteiger partial charge in [-0.3, -0.25) is 4.79 Å². The van der Waals surface area contributed by atoms with Crippen molar-refractivity contribution in [3.05, 3.63) is 24.8 Å². The quantitative estimate of drug-likeness (QED) is 0.343. The molecule has 0 bridgehead atoms. The van der Waals surface area contributed by atoms with Crippen LogP contribution in [0.4, 0.5) is 0 Å². The zero-order chi connectivity index (χ0) is 9.40.